The van der Waals surface area contributed by atoms with Gasteiger partial charge in [-0.15, -0.1) is 0 Å². The van der Waals surface area contributed by atoms with E-state index in [-0.39, 0.29) is 47.4 Å². The Labute approximate surface area is 190 Å². The number of hydrogen-bond acceptors (Lipinski definition) is 5. The Bertz CT molecular complexity index is 1340. The first kappa shape index (κ1) is 22.6. The van der Waals surface area contributed by atoms with E-state index in [0.717, 1.165) is 15.7 Å². The second-order valence-corrected chi connectivity index (χ2v) is 9.61. The lowest BCUT2D eigenvalue weighted by molar-refractivity contribution is -0.122. The van der Waals surface area contributed by atoms with Crippen LogP contribution in [-0.4, -0.2) is 54.0 Å². The van der Waals surface area contributed by atoms with E-state index >= 15 is 0 Å². The van der Waals surface area contributed by atoms with Gasteiger partial charge < -0.3 is 10.6 Å². The fourth-order valence-electron chi connectivity index (χ4n) is 3.58. The monoisotopic (exact) mass is 471 g/mol. The molecule has 1 aliphatic rings. The van der Waals surface area contributed by atoms with Gasteiger partial charge in [0.1, 0.15) is 5.69 Å². The molecule has 2 aromatic carbocycles. The second-order valence-electron chi connectivity index (χ2n) is 7.67. The minimum atomic E-state index is -3.85. The Kier molecular flexibility index (Phi) is 6.00. The van der Waals surface area contributed by atoms with Gasteiger partial charge in [-0.3, -0.25) is 9.59 Å². The van der Waals surface area contributed by atoms with Gasteiger partial charge in [-0.25, -0.2) is 17.5 Å². The van der Waals surface area contributed by atoms with E-state index in [1.54, 1.807) is 6.07 Å². The van der Waals surface area contributed by atoms with Crippen LogP contribution in [0, 0.1) is 19.7 Å². The number of aromatic nitrogens is 2. The summed E-state index contributed by atoms with van der Waals surface area (Å²) in [4.78, 5) is 24.1. The van der Waals surface area contributed by atoms with Gasteiger partial charge in [0.05, 0.1) is 17.1 Å². The van der Waals surface area contributed by atoms with Crippen molar-refractivity contribution < 1.29 is 22.4 Å². The van der Waals surface area contributed by atoms with Crippen molar-refractivity contribution in [2.24, 2.45) is 0 Å². The summed E-state index contributed by atoms with van der Waals surface area (Å²) in [5.41, 5.74) is 2.26. The summed E-state index contributed by atoms with van der Waals surface area (Å²) in [5.74, 6) is -1.43. The van der Waals surface area contributed by atoms with E-state index in [0.29, 0.717) is 0 Å². The molecule has 33 heavy (non-hydrogen) atoms. The number of amides is 2. The van der Waals surface area contributed by atoms with Gasteiger partial charge >= 0.3 is 0 Å². The zero-order chi connectivity index (χ0) is 23.8. The molecule has 0 saturated carbocycles. The van der Waals surface area contributed by atoms with Gasteiger partial charge in [-0.2, -0.15) is 9.40 Å². The van der Waals surface area contributed by atoms with E-state index < -0.39 is 21.7 Å². The van der Waals surface area contributed by atoms with Crippen molar-refractivity contribution in [2.45, 2.75) is 18.7 Å². The summed E-state index contributed by atoms with van der Waals surface area (Å²) in [6.45, 7) is 3.81. The molecular weight excluding hydrogens is 449 g/mol. The second kappa shape index (κ2) is 8.75. The molecule has 1 saturated heterocycles. The molecule has 2 amide bonds. The number of carbonyl (C=O) groups excluding carboxylic acids is 2. The number of halogens is 1. The van der Waals surface area contributed by atoms with Gasteiger partial charge in [0, 0.05) is 30.0 Å². The topological polar surface area (TPSA) is 113 Å². The molecular formula is C22H22FN5O4S. The van der Waals surface area contributed by atoms with Crippen LogP contribution in [0.5, 0.6) is 0 Å². The van der Waals surface area contributed by atoms with Gasteiger partial charge in [0.15, 0.2) is 5.82 Å². The first-order valence-corrected chi connectivity index (χ1v) is 11.6. The van der Waals surface area contributed by atoms with Crippen molar-refractivity contribution in [3.8, 4) is 5.69 Å². The maximum absolute atomic E-state index is 14.7. The van der Waals surface area contributed by atoms with E-state index in [4.69, 9.17) is 0 Å². The summed E-state index contributed by atoms with van der Waals surface area (Å²) in [6, 6.07) is 11.5. The Balaban J connectivity index is 1.48. The Hall–Kier alpha value is -3.57. The molecule has 4 rings (SSSR count). The Morgan fingerprint density at radius 1 is 1.12 bits per heavy atom. The van der Waals surface area contributed by atoms with Crippen molar-refractivity contribution in [3.05, 3.63) is 71.3 Å². The molecule has 11 heteroatoms. The lowest BCUT2D eigenvalue weighted by atomic mass is 10.2. The van der Waals surface area contributed by atoms with Gasteiger partial charge in [0.2, 0.25) is 15.9 Å². The molecule has 2 N–H and O–H groups in total. The first-order valence-electron chi connectivity index (χ1n) is 10.2. The zero-order valence-corrected chi connectivity index (χ0v) is 18.8. The molecule has 3 aromatic rings. The minimum Gasteiger partial charge on any atom is -0.354 e. The summed E-state index contributed by atoms with van der Waals surface area (Å²) in [7, 11) is -3.85. The quantitative estimate of drug-likeness (QED) is 0.591. The third-order valence-corrected chi connectivity index (χ3v) is 7.06. The minimum absolute atomic E-state index is 0.0194. The summed E-state index contributed by atoms with van der Waals surface area (Å²) >= 11 is 0. The molecule has 0 radical (unpaired) electrons. The molecule has 172 valence electrons. The van der Waals surface area contributed by atoms with E-state index in [1.165, 1.54) is 41.1 Å². The van der Waals surface area contributed by atoms with Gasteiger partial charge in [-0.05, 0) is 62.4 Å². The van der Waals surface area contributed by atoms with E-state index in [1.807, 2.05) is 19.9 Å². The SMILES string of the molecule is Cc1cc(C)n(-c2ccc(NC(=O)c3ccc(S(=O)(=O)N4CCNC(=O)C4)cc3)cc2F)n1. The van der Waals surface area contributed by atoms with Crippen LogP contribution in [-0.2, 0) is 14.8 Å². The van der Waals surface area contributed by atoms with E-state index in [2.05, 4.69) is 15.7 Å². The molecule has 1 fully saturated rings. The third kappa shape index (κ3) is 4.64. The fourth-order valence-corrected chi connectivity index (χ4v) is 4.98. The number of piperazine rings is 1. The molecule has 0 atom stereocenters. The highest BCUT2D eigenvalue weighted by atomic mass is 32.2. The molecule has 0 spiro atoms. The molecule has 1 aromatic heterocycles. The average Bonchev–Trinajstić information content (AvgIpc) is 3.11. The number of aryl methyl sites for hydroxylation is 2. The number of carbonyl (C=O) groups is 2. The van der Waals surface area contributed by atoms with E-state index in [9.17, 15) is 22.4 Å². The molecule has 2 heterocycles. The first-order chi connectivity index (χ1) is 15.6. The number of nitrogens with zero attached hydrogens (tertiary/aromatic N) is 3. The van der Waals surface area contributed by atoms with Crippen LogP contribution in [0.25, 0.3) is 5.69 Å². The molecule has 0 unspecified atom stereocenters. The van der Waals surface area contributed by atoms with Crippen LogP contribution in [0.15, 0.2) is 53.4 Å². The van der Waals surface area contributed by atoms with Crippen LogP contribution in [0.2, 0.25) is 0 Å². The molecule has 0 bridgehead atoms. The standard InChI is InChI=1S/C22H22FN5O4S/c1-14-11-15(2)28(26-14)20-8-5-17(12-19(20)23)25-22(30)16-3-6-18(7-4-16)33(31,32)27-10-9-24-21(29)13-27/h3-8,11-12H,9-10,13H2,1-2H3,(H,24,29)(H,25,30). The smallest absolute Gasteiger partial charge is 0.255 e. The van der Waals surface area contributed by atoms with Crippen molar-refractivity contribution in [1.82, 2.24) is 19.4 Å². The molecule has 0 aliphatic carbocycles. The summed E-state index contributed by atoms with van der Waals surface area (Å²) < 4.78 is 42.7. The zero-order valence-electron chi connectivity index (χ0n) is 18.0. The van der Waals surface area contributed by atoms with Gasteiger partial charge in [0.25, 0.3) is 5.91 Å². The summed E-state index contributed by atoms with van der Waals surface area (Å²) in [5, 5.41) is 9.44. The molecule has 9 nitrogen and oxygen atoms in total. The Morgan fingerprint density at radius 2 is 1.85 bits per heavy atom. The van der Waals surface area contributed by atoms with Crippen LogP contribution in [0.3, 0.4) is 0 Å². The van der Waals surface area contributed by atoms with Crippen LogP contribution < -0.4 is 10.6 Å². The maximum Gasteiger partial charge on any atom is 0.255 e. The highest BCUT2D eigenvalue weighted by Crippen LogP contribution is 2.21. The average molecular weight is 472 g/mol. The highest BCUT2D eigenvalue weighted by Gasteiger charge is 2.29. The number of hydrogen-bond donors (Lipinski definition) is 2. The van der Waals surface area contributed by atoms with Crippen LogP contribution in [0.4, 0.5) is 10.1 Å². The predicted octanol–water partition coefficient (Wildman–Crippen LogP) is 2.00. The van der Waals surface area contributed by atoms with Crippen molar-refractivity contribution in [3.63, 3.8) is 0 Å². The number of sulfonamides is 1. The maximum atomic E-state index is 14.7. The largest absolute Gasteiger partial charge is 0.354 e. The highest BCUT2D eigenvalue weighted by molar-refractivity contribution is 7.89. The van der Waals surface area contributed by atoms with Crippen molar-refractivity contribution in [2.75, 3.05) is 25.0 Å². The van der Waals surface area contributed by atoms with Crippen molar-refractivity contribution >= 4 is 27.5 Å². The number of nitrogens with one attached hydrogen (secondary N) is 2. The van der Waals surface area contributed by atoms with Gasteiger partial charge in [-0.1, -0.05) is 0 Å². The fraction of sp³-hybridized carbons (Fsp3) is 0.227. The molecule has 1 aliphatic heterocycles. The number of anilines is 1. The predicted molar refractivity (Wildman–Crippen MR) is 119 cm³/mol. The lowest BCUT2D eigenvalue weighted by Crippen LogP contribution is -2.49. The van der Waals surface area contributed by atoms with Crippen molar-refractivity contribution in [1.29, 1.82) is 0 Å². The Morgan fingerprint density at radius 3 is 2.45 bits per heavy atom. The number of rotatable bonds is 5. The normalized spacial score (nSPS) is 14.7. The third-order valence-electron chi connectivity index (χ3n) is 5.20. The van der Waals surface area contributed by atoms with Crippen LogP contribution >= 0.6 is 0 Å². The lowest BCUT2D eigenvalue weighted by Gasteiger charge is -2.25. The number of benzene rings is 2. The van der Waals surface area contributed by atoms with Crippen LogP contribution in [0.1, 0.15) is 21.7 Å². The summed E-state index contributed by atoms with van der Waals surface area (Å²) in [6.07, 6.45) is 0.